The van der Waals surface area contributed by atoms with Crippen LogP contribution in [0.1, 0.15) is 50.5 Å². The summed E-state index contributed by atoms with van der Waals surface area (Å²) < 4.78 is 26.9. The minimum atomic E-state index is -3.41. The number of piperidine rings is 1. The number of hydrogen-bond donors (Lipinski definition) is 2. The molecule has 1 aromatic carbocycles. The van der Waals surface area contributed by atoms with Crippen molar-refractivity contribution < 1.29 is 13.2 Å². The lowest BCUT2D eigenvalue weighted by Gasteiger charge is -2.27. The predicted octanol–water partition coefficient (Wildman–Crippen LogP) is 2.21. The van der Waals surface area contributed by atoms with Gasteiger partial charge in [-0.15, -0.1) is 12.4 Å². The van der Waals surface area contributed by atoms with E-state index in [0.717, 1.165) is 50.5 Å². The third-order valence-electron chi connectivity index (χ3n) is 5.38. The molecule has 8 heteroatoms. The highest BCUT2D eigenvalue weighted by atomic mass is 35.5. The Bertz CT molecular complexity index is 710. The van der Waals surface area contributed by atoms with Crippen molar-refractivity contribution in [1.82, 2.24) is 9.62 Å². The first-order chi connectivity index (χ1) is 12.4. The second-order valence-corrected chi connectivity index (χ2v) is 9.40. The van der Waals surface area contributed by atoms with E-state index in [9.17, 15) is 13.2 Å². The third kappa shape index (κ3) is 5.91. The van der Waals surface area contributed by atoms with Crippen LogP contribution in [0.2, 0.25) is 0 Å². The molecular formula is C19H30ClN3O3S. The van der Waals surface area contributed by atoms with E-state index < -0.39 is 10.0 Å². The summed E-state index contributed by atoms with van der Waals surface area (Å²) in [5, 5.41) is 3.06. The number of carbonyl (C=O) groups is 1. The van der Waals surface area contributed by atoms with E-state index in [1.807, 2.05) is 0 Å². The van der Waals surface area contributed by atoms with Crippen molar-refractivity contribution in [2.24, 2.45) is 5.73 Å². The van der Waals surface area contributed by atoms with Crippen molar-refractivity contribution in [1.29, 1.82) is 0 Å². The average Bonchev–Trinajstić information content (AvgIpc) is 2.65. The van der Waals surface area contributed by atoms with E-state index in [1.54, 1.807) is 28.6 Å². The molecule has 2 fully saturated rings. The number of benzene rings is 1. The molecule has 0 unspecified atom stereocenters. The maximum absolute atomic E-state index is 12.6. The van der Waals surface area contributed by atoms with Gasteiger partial charge in [-0.1, -0.05) is 18.6 Å². The van der Waals surface area contributed by atoms with Gasteiger partial charge in [-0.3, -0.25) is 4.79 Å². The molecular weight excluding hydrogens is 386 g/mol. The Morgan fingerprint density at radius 1 is 1.04 bits per heavy atom. The van der Waals surface area contributed by atoms with Gasteiger partial charge in [0.25, 0.3) is 0 Å². The molecule has 0 aromatic heterocycles. The molecule has 152 valence electrons. The number of nitrogens with zero attached hydrogens (tertiary/aromatic N) is 1. The molecule has 1 saturated carbocycles. The molecule has 0 bridgehead atoms. The molecule has 0 radical (unpaired) electrons. The molecule has 1 aliphatic heterocycles. The molecule has 1 heterocycles. The van der Waals surface area contributed by atoms with Crippen molar-refractivity contribution in [2.45, 2.75) is 68.3 Å². The van der Waals surface area contributed by atoms with Crippen LogP contribution in [0.3, 0.4) is 0 Å². The Morgan fingerprint density at radius 2 is 1.63 bits per heavy atom. The molecule has 1 aromatic rings. The number of sulfonamides is 1. The molecule has 27 heavy (non-hydrogen) atoms. The molecule has 2 aliphatic rings. The topological polar surface area (TPSA) is 92.5 Å². The van der Waals surface area contributed by atoms with Crippen LogP contribution < -0.4 is 11.1 Å². The Labute approximate surface area is 168 Å². The minimum absolute atomic E-state index is 0. The highest BCUT2D eigenvalue weighted by Gasteiger charge is 2.26. The van der Waals surface area contributed by atoms with Crippen molar-refractivity contribution >= 4 is 28.3 Å². The summed E-state index contributed by atoms with van der Waals surface area (Å²) in [4.78, 5) is 12.5. The van der Waals surface area contributed by atoms with Gasteiger partial charge in [0.15, 0.2) is 0 Å². The van der Waals surface area contributed by atoms with Crippen molar-refractivity contribution in [2.75, 3.05) is 13.1 Å². The van der Waals surface area contributed by atoms with Crippen LogP contribution in [0.15, 0.2) is 29.2 Å². The van der Waals surface area contributed by atoms with Crippen LogP contribution in [-0.2, 0) is 21.2 Å². The van der Waals surface area contributed by atoms with Gasteiger partial charge in [-0.05, 0) is 56.2 Å². The number of amides is 1. The lowest BCUT2D eigenvalue weighted by atomic mass is 9.91. The van der Waals surface area contributed by atoms with Gasteiger partial charge in [-0.2, -0.15) is 4.31 Å². The highest BCUT2D eigenvalue weighted by molar-refractivity contribution is 7.89. The quantitative estimate of drug-likeness (QED) is 0.771. The van der Waals surface area contributed by atoms with E-state index >= 15 is 0 Å². The predicted molar refractivity (Wildman–Crippen MR) is 108 cm³/mol. The number of nitrogens with two attached hydrogens (primary N) is 1. The fourth-order valence-corrected chi connectivity index (χ4v) is 5.28. The summed E-state index contributed by atoms with van der Waals surface area (Å²) in [6.45, 7) is 1.19. The van der Waals surface area contributed by atoms with E-state index in [2.05, 4.69) is 5.32 Å². The zero-order chi connectivity index (χ0) is 18.6. The molecule has 0 atom stereocenters. The highest BCUT2D eigenvalue weighted by Crippen LogP contribution is 2.21. The fourth-order valence-electron chi connectivity index (χ4n) is 3.76. The van der Waals surface area contributed by atoms with Gasteiger partial charge in [0.2, 0.25) is 15.9 Å². The Balaban J connectivity index is 0.00000261. The maximum atomic E-state index is 12.6. The zero-order valence-electron chi connectivity index (χ0n) is 15.6. The summed E-state index contributed by atoms with van der Waals surface area (Å²) in [6.07, 6.45) is 6.97. The van der Waals surface area contributed by atoms with Gasteiger partial charge in [-0.25, -0.2) is 8.42 Å². The molecule has 1 aliphatic carbocycles. The SMILES string of the molecule is Cl.NC1CCC(NC(=O)Cc2ccc(S(=O)(=O)N3CCCCC3)cc2)CC1. The monoisotopic (exact) mass is 415 g/mol. The molecule has 1 saturated heterocycles. The van der Waals surface area contributed by atoms with Crippen LogP contribution in [0.25, 0.3) is 0 Å². The first-order valence-electron chi connectivity index (χ1n) is 9.59. The van der Waals surface area contributed by atoms with Gasteiger partial charge < -0.3 is 11.1 Å². The molecule has 0 spiro atoms. The Hall–Kier alpha value is -1.15. The van der Waals surface area contributed by atoms with E-state index in [1.165, 1.54) is 0 Å². The van der Waals surface area contributed by atoms with Gasteiger partial charge in [0, 0.05) is 25.2 Å². The van der Waals surface area contributed by atoms with E-state index in [-0.39, 0.29) is 36.8 Å². The number of carbonyl (C=O) groups excluding carboxylic acids is 1. The van der Waals surface area contributed by atoms with Crippen LogP contribution >= 0.6 is 12.4 Å². The molecule has 3 rings (SSSR count). The van der Waals surface area contributed by atoms with Gasteiger partial charge in [0.1, 0.15) is 0 Å². The fraction of sp³-hybridized carbons (Fsp3) is 0.632. The van der Waals surface area contributed by atoms with Crippen LogP contribution in [0, 0.1) is 0 Å². The lowest BCUT2D eigenvalue weighted by molar-refractivity contribution is -0.121. The summed E-state index contributed by atoms with van der Waals surface area (Å²) in [7, 11) is -3.41. The smallest absolute Gasteiger partial charge is 0.243 e. The summed E-state index contributed by atoms with van der Waals surface area (Å²) in [5.74, 6) is -0.0166. The normalized spacial score (nSPS) is 24.0. The van der Waals surface area contributed by atoms with Crippen molar-refractivity contribution in [3.05, 3.63) is 29.8 Å². The third-order valence-corrected chi connectivity index (χ3v) is 7.29. The standard InChI is InChI=1S/C19H29N3O3S.ClH/c20-16-6-8-17(9-7-16)21-19(23)14-15-4-10-18(11-5-15)26(24,25)22-12-2-1-3-13-22;/h4-5,10-11,16-17H,1-3,6-9,12-14,20H2,(H,21,23);1H. The first kappa shape index (κ1) is 22.1. The van der Waals surface area contributed by atoms with E-state index in [0.29, 0.717) is 18.0 Å². The second-order valence-electron chi connectivity index (χ2n) is 7.46. The minimum Gasteiger partial charge on any atom is -0.353 e. The average molecular weight is 416 g/mol. The number of hydrogen-bond acceptors (Lipinski definition) is 4. The summed E-state index contributed by atoms with van der Waals surface area (Å²) >= 11 is 0. The largest absolute Gasteiger partial charge is 0.353 e. The van der Waals surface area contributed by atoms with Gasteiger partial charge in [0.05, 0.1) is 11.3 Å². The summed E-state index contributed by atoms with van der Waals surface area (Å²) in [5.41, 5.74) is 6.72. The molecule has 1 amide bonds. The number of halogens is 1. The van der Waals surface area contributed by atoms with Crippen LogP contribution in [0.5, 0.6) is 0 Å². The van der Waals surface area contributed by atoms with E-state index in [4.69, 9.17) is 5.73 Å². The second kappa shape index (κ2) is 9.87. The Kier molecular flexibility index (Phi) is 8.09. The zero-order valence-corrected chi connectivity index (χ0v) is 17.2. The Morgan fingerprint density at radius 3 is 2.22 bits per heavy atom. The number of nitrogens with one attached hydrogen (secondary N) is 1. The van der Waals surface area contributed by atoms with Gasteiger partial charge >= 0.3 is 0 Å². The number of rotatable bonds is 5. The molecule has 6 nitrogen and oxygen atoms in total. The van der Waals surface area contributed by atoms with Crippen molar-refractivity contribution in [3.8, 4) is 0 Å². The van der Waals surface area contributed by atoms with Crippen molar-refractivity contribution in [3.63, 3.8) is 0 Å². The molecule has 3 N–H and O–H groups in total. The maximum Gasteiger partial charge on any atom is 0.243 e. The lowest BCUT2D eigenvalue weighted by Crippen LogP contribution is -2.41. The van der Waals surface area contributed by atoms with Crippen LogP contribution in [-0.4, -0.2) is 43.8 Å². The summed E-state index contributed by atoms with van der Waals surface area (Å²) in [6, 6.07) is 7.19. The first-order valence-corrected chi connectivity index (χ1v) is 11.0. The van der Waals surface area contributed by atoms with Crippen LogP contribution in [0.4, 0.5) is 0 Å².